The fraction of sp³-hybridized carbons (Fsp3) is 0.222. The lowest BCUT2D eigenvalue weighted by Crippen LogP contribution is -2.22. The molecule has 136 valence electrons. The molecule has 0 radical (unpaired) electrons. The Bertz CT molecular complexity index is 814. The molecule has 0 aromatic heterocycles. The number of nitrogens with zero attached hydrogens (tertiary/aromatic N) is 3. The van der Waals surface area contributed by atoms with Crippen molar-refractivity contribution >= 4 is 23.5 Å². The van der Waals surface area contributed by atoms with Crippen molar-refractivity contribution in [3.63, 3.8) is 0 Å². The summed E-state index contributed by atoms with van der Waals surface area (Å²) in [5, 5.41) is 24.2. The maximum atomic E-state index is 12.1. The first-order valence-corrected chi connectivity index (χ1v) is 8.12. The van der Waals surface area contributed by atoms with Crippen LogP contribution < -0.4 is 10.3 Å². The van der Waals surface area contributed by atoms with E-state index in [1.165, 1.54) is 18.2 Å². The zero-order chi connectivity index (χ0) is 19.1. The quantitative estimate of drug-likeness (QED) is 0.450. The molecule has 0 spiro atoms. The molecule has 26 heavy (non-hydrogen) atoms. The first-order chi connectivity index (χ1) is 12.5. The van der Waals surface area contributed by atoms with Crippen LogP contribution in [0.2, 0.25) is 0 Å². The molecule has 0 fully saturated rings. The zero-order valence-electron chi connectivity index (χ0n) is 14.5. The topological polar surface area (TPSA) is 108 Å². The van der Waals surface area contributed by atoms with Crippen LogP contribution >= 0.6 is 0 Å². The van der Waals surface area contributed by atoms with E-state index in [1.54, 1.807) is 12.1 Å². The second-order valence-electron chi connectivity index (χ2n) is 5.42. The number of phenols is 1. The molecule has 2 aromatic carbocycles. The number of nitrogens with one attached hydrogen (secondary N) is 1. The van der Waals surface area contributed by atoms with Gasteiger partial charge in [-0.25, -0.2) is 5.43 Å². The van der Waals surface area contributed by atoms with E-state index < -0.39 is 10.8 Å². The minimum Gasteiger partial charge on any atom is -0.507 e. The summed E-state index contributed by atoms with van der Waals surface area (Å²) in [5.74, 6) is -0.588. The van der Waals surface area contributed by atoms with Gasteiger partial charge in [0, 0.05) is 42.0 Å². The van der Waals surface area contributed by atoms with E-state index in [0.29, 0.717) is 5.56 Å². The van der Waals surface area contributed by atoms with E-state index in [4.69, 9.17) is 0 Å². The van der Waals surface area contributed by atoms with E-state index in [9.17, 15) is 20.0 Å². The highest BCUT2D eigenvalue weighted by Crippen LogP contribution is 2.21. The Morgan fingerprint density at radius 2 is 1.88 bits per heavy atom. The summed E-state index contributed by atoms with van der Waals surface area (Å²) in [6.45, 7) is 5.86. The highest BCUT2D eigenvalue weighted by atomic mass is 16.6. The van der Waals surface area contributed by atoms with E-state index in [1.807, 2.05) is 12.1 Å². The average Bonchev–Trinajstić information content (AvgIpc) is 2.64. The number of phenolic OH excluding ortho intramolecular Hbond substituents is 1. The highest BCUT2D eigenvalue weighted by molar-refractivity contribution is 5.95. The Labute approximate surface area is 150 Å². The summed E-state index contributed by atoms with van der Waals surface area (Å²) in [5.41, 5.74) is 3.75. The van der Waals surface area contributed by atoms with Crippen molar-refractivity contribution in [2.24, 2.45) is 5.10 Å². The number of anilines is 1. The molecular weight excluding hydrogens is 336 g/mol. The lowest BCUT2D eigenvalue weighted by molar-refractivity contribution is -0.384. The number of carbonyl (C=O) groups excluding carboxylic acids is 1. The first kappa shape index (κ1) is 18.9. The summed E-state index contributed by atoms with van der Waals surface area (Å²) in [6, 6.07) is 10.7. The molecule has 0 saturated carbocycles. The third-order valence-electron chi connectivity index (χ3n) is 3.85. The number of hydrazone groups is 1. The van der Waals surface area contributed by atoms with Gasteiger partial charge >= 0.3 is 0 Å². The highest BCUT2D eigenvalue weighted by Gasteiger charge is 2.09. The maximum absolute atomic E-state index is 12.1. The van der Waals surface area contributed by atoms with Gasteiger partial charge in [-0.2, -0.15) is 5.10 Å². The Morgan fingerprint density at radius 1 is 1.23 bits per heavy atom. The van der Waals surface area contributed by atoms with E-state index >= 15 is 0 Å². The van der Waals surface area contributed by atoms with Crippen LogP contribution in [-0.4, -0.2) is 35.2 Å². The number of amides is 1. The fourth-order valence-electron chi connectivity index (χ4n) is 2.40. The molecule has 0 heterocycles. The summed E-state index contributed by atoms with van der Waals surface area (Å²) >= 11 is 0. The van der Waals surface area contributed by atoms with E-state index in [-0.39, 0.29) is 17.0 Å². The molecule has 8 nitrogen and oxygen atoms in total. The number of non-ortho nitro benzene ring substituents is 1. The van der Waals surface area contributed by atoms with Crippen molar-refractivity contribution in [2.45, 2.75) is 13.8 Å². The average molecular weight is 356 g/mol. The molecule has 2 N–H and O–H groups in total. The van der Waals surface area contributed by atoms with Crippen molar-refractivity contribution in [2.75, 3.05) is 18.0 Å². The number of aromatic hydroxyl groups is 1. The molecule has 0 aliphatic rings. The Morgan fingerprint density at radius 3 is 2.46 bits per heavy atom. The van der Waals surface area contributed by atoms with Gasteiger partial charge in [0.25, 0.3) is 11.6 Å². The molecule has 2 rings (SSSR count). The zero-order valence-corrected chi connectivity index (χ0v) is 14.5. The van der Waals surface area contributed by atoms with Crippen molar-refractivity contribution in [1.82, 2.24) is 5.43 Å². The predicted molar refractivity (Wildman–Crippen MR) is 99.8 cm³/mol. The lowest BCUT2D eigenvalue weighted by Gasteiger charge is -2.20. The molecule has 1 amide bonds. The summed E-state index contributed by atoms with van der Waals surface area (Å²) in [4.78, 5) is 24.4. The number of nitro benzene ring substituents is 1. The molecule has 0 atom stereocenters. The second-order valence-corrected chi connectivity index (χ2v) is 5.42. The van der Waals surface area contributed by atoms with Gasteiger partial charge in [-0.05, 0) is 44.2 Å². The smallest absolute Gasteiger partial charge is 0.271 e. The van der Waals surface area contributed by atoms with E-state index in [2.05, 4.69) is 29.3 Å². The Balaban J connectivity index is 2.05. The number of rotatable bonds is 7. The largest absolute Gasteiger partial charge is 0.507 e. The minimum absolute atomic E-state index is 0.136. The molecule has 0 bridgehead atoms. The summed E-state index contributed by atoms with van der Waals surface area (Å²) in [6.07, 6.45) is 1.16. The third-order valence-corrected chi connectivity index (χ3v) is 3.85. The number of nitro groups is 1. The van der Waals surface area contributed by atoms with Crippen LogP contribution in [0.15, 0.2) is 47.6 Å². The number of hydrogen-bond donors (Lipinski definition) is 2. The van der Waals surface area contributed by atoms with Crippen LogP contribution in [0.25, 0.3) is 0 Å². The van der Waals surface area contributed by atoms with Crippen molar-refractivity contribution in [1.29, 1.82) is 0 Å². The molecule has 0 unspecified atom stereocenters. The van der Waals surface area contributed by atoms with Gasteiger partial charge in [0.15, 0.2) is 0 Å². The monoisotopic (exact) mass is 356 g/mol. The number of hydrogen-bond acceptors (Lipinski definition) is 6. The molecule has 0 aliphatic carbocycles. The van der Waals surface area contributed by atoms with Gasteiger partial charge in [-0.1, -0.05) is 0 Å². The second kappa shape index (κ2) is 8.61. The normalized spacial score (nSPS) is 10.7. The van der Waals surface area contributed by atoms with Crippen LogP contribution in [-0.2, 0) is 0 Å². The lowest BCUT2D eigenvalue weighted by atomic mass is 10.2. The fourth-order valence-corrected chi connectivity index (χ4v) is 2.40. The SMILES string of the molecule is CCN(CC)c1ccc(C(=O)N/N=C\c2cc([N+](=O)[O-])ccc2O)cc1. The summed E-state index contributed by atoms with van der Waals surface area (Å²) < 4.78 is 0. The van der Waals surface area contributed by atoms with Gasteiger partial charge < -0.3 is 10.0 Å². The van der Waals surface area contributed by atoms with Gasteiger partial charge in [0.2, 0.25) is 0 Å². The van der Waals surface area contributed by atoms with Crippen molar-refractivity contribution in [3.05, 3.63) is 63.7 Å². The van der Waals surface area contributed by atoms with Crippen LogP contribution in [0.1, 0.15) is 29.8 Å². The third kappa shape index (κ3) is 4.56. The van der Waals surface area contributed by atoms with E-state index in [0.717, 1.165) is 25.0 Å². The molecular formula is C18H20N4O4. The van der Waals surface area contributed by atoms with Gasteiger partial charge in [-0.15, -0.1) is 0 Å². The van der Waals surface area contributed by atoms with Gasteiger partial charge in [-0.3, -0.25) is 14.9 Å². The van der Waals surface area contributed by atoms with Crippen molar-refractivity contribution < 1.29 is 14.8 Å². The summed E-state index contributed by atoms with van der Waals surface area (Å²) in [7, 11) is 0. The number of benzene rings is 2. The Hall–Kier alpha value is -3.42. The minimum atomic E-state index is -0.577. The van der Waals surface area contributed by atoms with Gasteiger partial charge in [0.05, 0.1) is 11.1 Å². The predicted octanol–water partition coefficient (Wildman–Crippen LogP) is 2.91. The first-order valence-electron chi connectivity index (χ1n) is 8.12. The molecule has 0 saturated heterocycles. The van der Waals surface area contributed by atoms with Crippen LogP contribution in [0.4, 0.5) is 11.4 Å². The molecule has 0 aliphatic heterocycles. The van der Waals surface area contributed by atoms with Crippen LogP contribution in [0.3, 0.4) is 0 Å². The standard InChI is InChI=1S/C18H20N4O4/c1-3-21(4-2)15-7-5-13(6-8-15)18(24)20-19-12-14-11-16(22(25)26)9-10-17(14)23/h5-12,23H,3-4H2,1-2H3,(H,20,24)/b19-12-. The van der Waals surface area contributed by atoms with Crippen LogP contribution in [0, 0.1) is 10.1 Å². The number of carbonyl (C=O) groups is 1. The van der Waals surface area contributed by atoms with Gasteiger partial charge in [0.1, 0.15) is 5.75 Å². The molecule has 2 aromatic rings. The Kier molecular flexibility index (Phi) is 6.26. The van der Waals surface area contributed by atoms with Crippen molar-refractivity contribution in [3.8, 4) is 5.75 Å². The maximum Gasteiger partial charge on any atom is 0.271 e. The van der Waals surface area contributed by atoms with Crippen LogP contribution in [0.5, 0.6) is 5.75 Å². The molecule has 8 heteroatoms.